The number of nitrogens with zero attached hydrogens (tertiary/aromatic N) is 3. The average Bonchev–Trinajstić information content (AvgIpc) is 2.79. The van der Waals surface area contributed by atoms with Gasteiger partial charge in [0.2, 0.25) is 0 Å². The standard InChI is InChI=1S/C15H12Br2ClN3/c1-9(18)14-20-13-6-12(17)7-19-15(13)21(14)8-10-2-4-11(16)5-3-10/h2-7,9H,8H2,1H3. The number of hydrogen-bond donors (Lipinski definition) is 0. The van der Waals surface area contributed by atoms with Crippen LogP contribution in [0.2, 0.25) is 0 Å². The lowest BCUT2D eigenvalue weighted by molar-refractivity contribution is 0.736. The summed E-state index contributed by atoms with van der Waals surface area (Å²) in [7, 11) is 0. The molecule has 0 aliphatic rings. The molecular formula is C15H12Br2ClN3. The third-order valence-electron chi connectivity index (χ3n) is 3.19. The first kappa shape index (κ1) is 15.0. The first-order chi connectivity index (χ1) is 10.0. The van der Waals surface area contributed by atoms with E-state index in [-0.39, 0.29) is 5.38 Å². The monoisotopic (exact) mass is 427 g/mol. The molecule has 0 fully saturated rings. The van der Waals surface area contributed by atoms with Gasteiger partial charge in [-0.05, 0) is 46.6 Å². The second-order valence-electron chi connectivity index (χ2n) is 4.79. The molecule has 1 unspecified atom stereocenters. The van der Waals surface area contributed by atoms with Crippen molar-refractivity contribution >= 4 is 54.6 Å². The lowest BCUT2D eigenvalue weighted by Gasteiger charge is -2.10. The van der Waals surface area contributed by atoms with Gasteiger partial charge in [-0.2, -0.15) is 0 Å². The van der Waals surface area contributed by atoms with Crippen molar-refractivity contribution in [3.05, 3.63) is 56.9 Å². The smallest absolute Gasteiger partial charge is 0.160 e. The first-order valence-electron chi connectivity index (χ1n) is 6.45. The lowest BCUT2D eigenvalue weighted by Crippen LogP contribution is -2.06. The zero-order chi connectivity index (χ0) is 15.0. The van der Waals surface area contributed by atoms with Gasteiger partial charge in [-0.15, -0.1) is 11.6 Å². The number of imidazole rings is 1. The molecule has 0 aliphatic carbocycles. The third-order valence-corrected chi connectivity index (χ3v) is 4.35. The number of hydrogen-bond acceptors (Lipinski definition) is 2. The van der Waals surface area contributed by atoms with Crippen LogP contribution >= 0.6 is 43.5 Å². The highest BCUT2D eigenvalue weighted by molar-refractivity contribution is 9.10. The van der Waals surface area contributed by atoms with E-state index in [2.05, 4.69) is 58.5 Å². The molecule has 1 atom stereocenters. The number of halogens is 3. The topological polar surface area (TPSA) is 30.7 Å². The van der Waals surface area contributed by atoms with Crippen molar-refractivity contribution < 1.29 is 0 Å². The van der Waals surface area contributed by atoms with Crippen molar-refractivity contribution in [1.82, 2.24) is 14.5 Å². The van der Waals surface area contributed by atoms with Crippen molar-refractivity contribution in [1.29, 1.82) is 0 Å². The van der Waals surface area contributed by atoms with E-state index >= 15 is 0 Å². The van der Waals surface area contributed by atoms with Crippen LogP contribution in [0.15, 0.2) is 45.5 Å². The molecule has 0 aliphatic heterocycles. The van der Waals surface area contributed by atoms with E-state index in [0.717, 1.165) is 25.9 Å². The molecule has 0 bridgehead atoms. The van der Waals surface area contributed by atoms with E-state index in [1.54, 1.807) is 6.20 Å². The zero-order valence-corrected chi connectivity index (χ0v) is 15.2. The molecule has 3 nitrogen and oxygen atoms in total. The van der Waals surface area contributed by atoms with Gasteiger partial charge in [0.25, 0.3) is 0 Å². The van der Waals surface area contributed by atoms with Gasteiger partial charge in [0.15, 0.2) is 5.65 Å². The molecule has 0 spiro atoms. The molecule has 3 rings (SSSR count). The van der Waals surface area contributed by atoms with E-state index in [9.17, 15) is 0 Å². The minimum Gasteiger partial charge on any atom is -0.307 e. The summed E-state index contributed by atoms with van der Waals surface area (Å²) in [5, 5.41) is -0.173. The fourth-order valence-electron chi connectivity index (χ4n) is 2.24. The van der Waals surface area contributed by atoms with Gasteiger partial charge in [0.1, 0.15) is 11.3 Å². The quantitative estimate of drug-likeness (QED) is 0.529. The predicted molar refractivity (Wildman–Crippen MR) is 92.7 cm³/mol. The number of aromatic nitrogens is 3. The van der Waals surface area contributed by atoms with Gasteiger partial charge in [0.05, 0.1) is 11.9 Å². The Kier molecular flexibility index (Phi) is 4.33. The number of rotatable bonds is 3. The Hall–Kier alpha value is -0.910. The fourth-order valence-corrected chi connectivity index (χ4v) is 2.99. The maximum absolute atomic E-state index is 6.28. The Morgan fingerprint density at radius 1 is 1.19 bits per heavy atom. The van der Waals surface area contributed by atoms with Crippen molar-refractivity contribution in [2.45, 2.75) is 18.8 Å². The largest absolute Gasteiger partial charge is 0.307 e. The van der Waals surface area contributed by atoms with Crippen molar-refractivity contribution in [3.63, 3.8) is 0 Å². The van der Waals surface area contributed by atoms with Gasteiger partial charge in [-0.3, -0.25) is 0 Å². The predicted octanol–water partition coefficient (Wildman–Crippen LogP) is 5.30. The summed E-state index contributed by atoms with van der Waals surface area (Å²) in [5.74, 6) is 0.834. The molecule has 2 aromatic heterocycles. The molecule has 0 saturated carbocycles. The lowest BCUT2D eigenvalue weighted by atomic mass is 10.2. The molecule has 1 aromatic carbocycles. The normalized spacial score (nSPS) is 12.8. The average molecular weight is 430 g/mol. The van der Waals surface area contributed by atoms with E-state index < -0.39 is 0 Å². The van der Waals surface area contributed by atoms with Crippen LogP contribution in [-0.4, -0.2) is 14.5 Å². The Morgan fingerprint density at radius 3 is 2.57 bits per heavy atom. The maximum Gasteiger partial charge on any atom is 0.160 e. The Morgan fingerprint density at radius 2 is 1.90 bits per heavy atom. The van der Waals surface area contributed by atoms with Gasteiger partial charge in [0, 0.05) is 15.1 Å². The second kappa shape index (κ2) is 6.07. The summed E-state index contributed by atoms with van der Waals surface area (Å²) in [6.45, 7) is 2.63. The molecule has 0 N–H and O–H groups in total. The van der Waals surface area contributed by atoms with Crippen LogP contribution in [0.5, 0.6) is 0 Å². The molecular weight excluding hydrogens is 417 g/mol. The fraction of sp³-hybridized carbons (Fsp3) is 0.200. The van der Waals surface area contributed by atoms with Crippen LogP contribution in [-0.2, 0) is 6.54 Å². The second-order valence-corrected chi connectivity index (χ2v) is 7.28. The van der Waals surface area contributed by atoms with E-state index in [0.29, 0.717) is 6.54 Å². The minimum atomic E-state index is -0.173. The summed E-state index contributed by atoms with van der Waals surface area (Å²) in [6, 6.07) is 10.2. The van der Waals surface area contributed by atoms with E-state index in [1.807, 2.05) is 25.1 Å². The highest BCUT2D eigenvalue weighted by Crippen LogP contribution is 2.26. The van der Waals surface area contributed by atoms with Gasteiger partial charge in [-0.1, -0.05) is 28.1 Å². The summed E-state index contributed by atoms with van der Waals surface area (Å²) in [5.41, 5.74) is 2.88. The van der Waals surface area contributed by atoms with Crippen LogP contribution in [0.25, 0.3) is 11.2 Å². The Labute approximate surface area is 144 Å². The summed E-state index contributed by atoms with van der Waals surface area (Å²) >= 11 is 13.2. The molecule has 3 aromatic rings. The maximum atomic E-state index is 6.28. The van der Waals surface area contributed by atoms with Gasteiger partial charge in [-0.25, -0.2) is 9.97 Å². The number of fused-ring (bicyclic) bond motifs is 1. The van der Waals surface area contributed by atoms with Gasteiger partial charge < -0.3 is 4.57 Å². The van der Waals surface area contributed by atoms with Crippen molar-refractivity contribution in [2.24, 2.45) is 0 Å². The molecule has 108 valence electrons. The van der Waals surface area contributed by atoms with Crippen LogP contribution in [0.4, 0.5) is 0 Å². The first-order valence-corrected chi connectivity index (χ1v) is 8.47. The molecule has 2 heterocycles. The summed E-state index contributed by atoms with van der Waals surface area (Å²) < 4.78 is 4.05. The van der Waals surface area contributed by atoms with Crippen LogP contribution in [0.1, 0.15) is 23.7 Å². The number of benzene rings is 1. The molecule has 6 heteroatoms. The van der Waals surface area contributed by atoms with E-state index in [4.69, 9.17) is 11.6 Å². The minimum absolute atomic E-state index is 0.173. The molecule has 21 heavy (non-hydrogen) atoms. The van der Waals surface area contributed by atoms with Crippen LogP contribution in [0.3, 0.4) is 0 Å². The Bertz CT molecular complexity index is 781. The summed E-state index contributed by atoms with van der Waals surface area (Å²) in [6.07, 6.45) is 1.78. The van der Waals surface area contributed by atoms with Crippen LogP contribution < -0.4 is 0 Å². The van der Waals surface area contributed by atoms with Gasteiger partial charge >= 0.3 is 0 Å². The highest BCUT2D eigenvalue weighted by atomic mass is 79.9. The Balaban J connectivity index is 2.10. The highest BCUT2D eigenvalue weighted by Gasteiger charge is 2.16. The molecule has 0 radical (unpaired) electrons. The van der Waals surface area contributed by atoms with Crippen molar-refractivity contribution in [3.8, 4) is 0 Å². The molecule has 0 amide bonds. The van der Waals surface area contributed by atoms with E-state index in [1.165, 1.54) is 5.56 Å². The third kappa shape index (κ3) is 3.15. The van der Waals surface area contributed by atoms with Crippen molar-refractivity contribution in [2.75, 3.05) is 0 Å². The van der Waals surface area contributed by atoms with Crippen LogP contribution in [0, 0.1) is 0 Å². The molecule has 0 saturated heterocycles. The zero-order valence-electron chi connectivity index (χ0n) is 11.2. The SMILES string of the molecule is CC(Cl)c1nc2cc(Br)cnc2n1Cc1ccc(Br)cc1. The number of pyridine rings is 1. The number of alkyl halides is 1. The summed E-state index contributed by atoms with van der Waals surface area (Å²) in [4.78, 5) is 9.10.